The smallest absolute Gasteiger partial charge is 0.292 e. The molecule has 1 aromatic rings. The second-order valence-electron chi connectivity index (χ2n) is 5.32. The van der Waals surface area contributed by atoms with Gasteiger partial charge in [0.1, 0.15) is 0 Å². The lowest BCUT2D eigenvalue weighted by atomic mass is 10.2. The van der Waals surface area contributed by atoms with Crippen LogP contribution in [0.15, 0.2) is 29.2 Å². The Labute approximate surface area is 134 Å². The first kappa shape index (κ1) is 19.0. The number of rotatable bonds is 3. The van der Waals surface area contributed by atoms with Crippen LogP contribution in [0.25, 0.3) is 0 Å². The fourth-order valence-corrected chi connectivity index (χ4v) is 3.77. The quantitative estimate of drug-likeness (QED) is 0.762. The molecule has 0 N–H and O–H groups in total. The van der Waals surface area contributed by atoms with E-state index in [4.69, 9.17) is 0 Å². The lowest BCUT2D eigenvalue weighted by Crippen LogP contribution is -2.50. The maximum atomic E-state index is 12.5. The summed E-state index contributed by atoms with van der Waals surface area (Å²) in [7, 11) is -4.03. The molecule has 0 unspecified atom stereocenters. The highest BCUT2D eigenvalue weighted by molar-refractivity contribution is 7.89. The molecule has 2 rings (SSSR count). The van der Waals surface area contributed by atoms with Gasteiger partial charge in [0, 0.05) is 26.2 Å². The van der Waals surface area contributed by atoms with Crippen LogP contribution in [0.2, 0.25) is 0 Å². The van der Waals surface area contributed by atoms with Gasteiger partial charge < -0.3 is 0 Å². The Morgan fingerprint density at radius 1 is 0.875 bits per heavy atom. The molecule has 0 aliphatic carbocycles. The minimum atomic E-state index is -4.58. The van der Waals surface area contributed by atoms with Gasteiger partial charge in [0.05, 0.1) is 17.0 Å². The topological polar surface area (TPSA) is 40.6 Å². The zero-order chi connectivity index (χ0) is 18.2. The van der Waals surface area contributed by atoms with Crippen LogP contribution in [0.4, 0.5) is 26.3 Å². The fraction of sp³-hybridized carbons (Fsp3) is 0.538. The van der Waals surface area contributed by atoms with Gasteiger partial charge in [0.2, 0.25) is 10.0 Å². The second-order valence-corrected chi connectivity index (χ2v) is 7.26. The molecule has 1 aromatic carbocycles. The van der Waals surface area contributed by atoms with Crippen LogP contribution < -0.4 is 0 Å². The Morgan fingerprint density at radius 3 is 1.79 bits per heavy atom. The van der Waals surface area contributed by atoms with Crippen molar-refractivity contribution in [2.24, 2.45) is 0 Å². The van der Waals surface area contributed by atoms with Crippen molar-refractivity contribution in [2.75, 3.05) is 32.7 Å². The summed E-state index contributed by atoms with van der Waals surface area (Å²) >= 11 is 0. The normalized spacial score (nSPS) is 18.8. The monoisotopic (exact) mass is 376 g/mol. The van der Waals surface area contributed by atoms with E-state index in [-0.39, 0.29) is 31.1 Å². The van der Waals surface area contributed by atoms with E-state index in [9.17, 15) is 34.8 Å². The van der Waals surface area contributed by atoms with E-state index in [0.717, 1.165) is 21.3 Å². The van der Waals surface area contributed by atoms with Crippen molar-refractivity contribution in [1.82, 2.24) is 9.21 Å². The number of hydrogen-bond donors (Lipinski definition) is 0. The van der Waals surface area contributed by atoms with E-state index in [1.807, 2.05) is 0 Å². The third-order valence-corrected chi connectivity index (χ3v) is 5.47. The minimum absolute atomic E-state index is 0.0978. The SMILES string of the molecule is O=S(=O)(c1ccc(C(F)(F)F)cc1)N1CCN(CC(F)(F)F)CC1. The predicted molar refractivity (Wildman–Crippen MR) is 72.7 cm³/mol. The number of nitrogens with zero attached hydrogens (tertiary/aromatic N) is 2. The molecule has 0 atom stereocenters. The summed E-state index contributed by atoms with van der Waals surface area (Å²) in [6, 6.07) is 3.01. The van der Waals surface area contributed by atoms with Crippen LogP contribution in [0.1, 0.15) is 5.56 Å². The molecule has 0 saturated carbocycles. The first-order valence-electron chi connectivity index (χ1n) is 6.86. The molecule has 11 heteroatoms. The van der Waals surface area contributed by atoms with Crippen LogP contribution >= 0.6 is 0 Å². The van der Waals surface area contributed by atoms with E-state index in [2.05, 4.69) is 0 Å². The molecule has 0 radical (unpaired) electrons. The molecule has 4 nitrogen and oxygen atoms in total. The third-order valence-electron chi connectivity index (χ3n) is 3.55. The average Bonchev–Trinajstić information content (AvgIpc) is 2.45. The number of alkyl halides is 6. The Morgan fingerprint density at radius 2 is 1.38 bits per heavy atom. The molecule has 24 heavy (non-hydrogen) atoms. The van der Waals surface area contributed by atoms with Gasteiger partial charge >= 0.3 is 12.4 Å². The number of benzene rings is 1. The van der Waals surface area contributed by atoms with E-state index in [1.54, 1.807) is 0 Å². The summed E-state index contributed by atoms with van der Waals surface area (Å²) in [4.78, 5) is 0.762. The lowest BCUT2D eigenvalue weighted by molar-refractivity contribution is -0.148. The fourth-order valence-electron chi connectivity index (χ4n) is 2.35. The highest BCUT2D eigenvalue weighted by Gasteiger charge is 2.35. The van der Waals surface area contributed by atoms with Crippen LogP contribution in [0.5, 0.6) is 0 Å². The van der Waals surface area contributed by atoms with Gasteiger partial charge in [-0.05, 0) is 24.3 Å². The summed E-state index contributed by atoms with van der Waals surface area (Å²) in [6.45, 7) is -1.63. The van der Waals surface area contributed by atoms with E-state index in [1.165, 1.54) is 0 Å². The maximum absolute atomic E-state index is 12.5. The summed E-state index contributed by atoms with van der Waals surface area (Å²) in [5, 5.41) is 0. The molecule has 1 fully saturated rings. The van der Waals surface area contributed by atoms with Crippen molar-refractivity contribution < 1.29 is 34.8 Å². The Hall–Kier alpha value is -1.33. The van der Waals surface area contributed by atoms with Gasteiger partial charge in [0.15, 0.2) is 0 Å². The molecule has 1 aliphatic heterocycles. The van der Waals surface area contributed by atoms with Crippen molar-refractivity contribution in [1.29, 1.82) is 0 Å². The highest BCUT2D eigenvalue weighted by Crippen LogP contribution is 2.30. The van der Waals surface area contributed by atoms with Gasteiger partial charge in [-0.15, -0.1) is 0 Å². The highest BCUT2D eigenvalue weighted by atomic mass is 32.2. The molecule has 1 saturated heterocycles. The number of hydrogen-bond acceptors (Lipinski definition) is 3. The van der Waals surface area contributed by atoms with Crippen molar-refractivity contribution in [3.63, 3.8) is 0 Å². The molecule has 0 amide bonds. The van der Waals surface area contributed by atoms with Gasteiger partial charge in [-0.2, -0.15) is 30.6 Å². The van der Waals surface area contributed by atoms with Crippen molar-refractivity contribution >= 4 is 10.0 Å². The Bertz CT molecular complexity index is 661. The van der Waals surface area contributed by atoms with Gasteiger partial charge in [-0.1, -0.05) is 0 Å². The zero-order valence-corrected chi connectivity index (χ0v) is 13.0. The summed E-state index contributed by atoms with van der Waals surface area (Å²) in [5.74, 6) is 0. The molecule has 0 aromatic heterocycles. The molecular formula is C13H14F6N2O2S. The molecule has 0 bridgehead atoms. The Kier molecular flexibility index (Phi) is 5.17. The minimum Gasteiger partial charge on any atom is -0.292 e. The van der Waals surface area contributed by atoms with E-state index < -0.39 is 34.5 Å². The standard InChI is InChI=1S/C13H14F6N2O2S/c14-12(15,16)9-20-5-7-21(8-6-20)24(22,23)11-3-1-10(2-4-11)13(17,18)19/h1-4H,5-9H2. The lowest BCUT2D eigenvalue weighted by Gasteiger charge is -2.34. The van der Waals surface area contributed by atoms with Crippen LogP contribution in [0.3, 0.4) is 0 Å². The van der Waals surface area contributed by atoms with Crippen molar-refractivity contribution in [3.8, 4) is 0 Å². The molecule has 1 aliphatic rings. The number of halogens is 6. The molecular weight excluding hydrogens is 362 g/mol. The maximum Gasteiger partial charge on any atom is 0.416 e. The largest absolute Gasteiger partial charge is 0.416 e. The average molecular weight is 376 g/mol. The van der Waals surface area contributed by atoms with Gasteiger partial charge in [-0.3, -0.25) is 4.90 Å². The second kappa shape index (κ2) is 6.52. The molecule has 0 spiro atoms. The number of piperazine rings is 1. The summed E-state index contributed by atoms with van der Waals surface area (Å²) in [6.07, 6.45) is -8.94. The Balaban J connectivity index is 2.07. The molecule has 136 valence electrons. The van der Waals surface area contributed by atoms with Crippen LogP contribution in [0, 0.1) is 0 Å². The van der Waals surface area contributed by atoms with Crippen LogP contribution in [-0.4, -0.2) is 56.5 Å². The predicted octanol–water partition coefficient (Wildman–Crippen LogP) is 2.57. The first-order valence-corrected chi connectivity index (χ1v) is 8.30. The van der Waals surface area contributed by atoms with E-state index in [0.29, 0.717) is 12.1 Å². The van der Waals surface area contributed by atoms with Crippen molar-refractivity contribution in [2.45, 2.75) is 17.2 Å². The first-order chi connectivity index (χ1) is 10.9. The van der Waals surface area contributed by atoms with Crippen molar-refractivity contribution in [3.05, 3.63) is 29.8 Å². The van der Waals surface area contributed by atoms with Crippen LogP contribution in [-0.2, 0) is 16.2 Å². The number of sulfonamides is 1. The summed E-state index contributed by atoms with van der Waals surface area (Å²) in [5.41, 5.74) is -0.976. The van der Waals surface area contributed by atoms with Gasteiger partial charge in [0.25, 0.3) is 0 Å². The van der Waals surface area contributed by atoms with Gasteiger partial charge in [-0.25, -0.2) is 8.42 Å². The third kappa shape index (κ3) is 4.61. The zero-order valence-electron chi connectivity index (χ0n) is 12.2. The van der Waals surface area contributed by atoms with E-state index >= 15 is 0 Å². The summed E-state index contributed by atoms with van der Waals surface area (Å²) < 4.78 is 100. The molecule has 1 heterocycles.